The van der Waals surface area contributed by atoms with Gasteiger partial charge in [-0.1, -0.05) is 6.07 Å². The molecular formula is C20H22N2O3S. The molecule has 3 rings (SSSR count). The Labute approximate surface area is 157 Å². The van der Waals surface area contributed by atoms with E-state index in [1.807, 2.05) is 6.07 Å². The Balaban J connectivity index is 1.39. The highest BCUT2D eigenvalue weighted by molar-refractivity contribution is 8.00. The van der Waals surface area contributed by atoms with E-state index in [9.17, 15) is 9.59 Å². The Morgan fingerprint density at radius 1 is 0.923 bits per heavy atom. The van der Waals surface area contributed by atoms with Crippen molar-refractivity contribution in [2.75, 3.05) is 29.2 Å². The Morgan fingerprint density at radius 3 is 2.23 bits per heavy atom. The summed E-state index contributed by atoms with van der Waals surface area (Å²) in [6.45, 7) is 0. The first-order valence-corrected chi connectivity index (χ1v) is 9.73. The third-order valence-corrected chi connectivity index (χ3v) is 5.15. The van der Waals surface area contributed by atoms with Crippen molar-refractivity contribution in [2.45, 2.75) is 19.3 Å². The zero-order chi connectivity index (χ0) is 18.4. The number of amides is 2. The quantitative estimate of drug-likeness (QED) is 0.783. The third-order valence-electron chi connectivity index (χ3n) is 4.22. The summed E-state index contributed by atoms with van der Waals surface area (Å²) in [7, 11) is 1.60. The highest BCUT2D eigenvalue weighted by Crippen LogP contribution is 2.25. The number of hydrogen-bond acceptors (Lipinski definition) is 4. The number of ether oxygens (including phenoxy) is 1. The number of carbonyl (C=O) groups is 2. The molecule has 2 amide bonds. The molecule has 0 heterocycles. The molecule has 1 aliphatic rings. The summed E-state index contributed by atoms with van der Waals surface area (Å²) >= 11 is 1.29. The highest BCUT2D eigenvalue weighted by atomic mass is 32.2. The molecular weight excluding hydrogens is 348 g/mol. The van der Waals surface area contributed by atoms with Crippen molar-refractivity contribution < 1.29 is 14.3 Å². The van der Waals surface area contributed by atoms with Gasteiger partial charge in [0.05, 0.1) is 18.6 Å². The maximum absolute atomic E-state index is 12.0. The van der Waals surface area contributed by atoms with Crippen LogP contribution >= 0.6 is 11.8 Å². The van der Waals surface area contributed by atoms with Gasteiger partial charge in [0.25, 0.3) is 0 Å². The van der Waals surface area contributed by atoms with Gasteiger partial charge in [0.1, 0.15) is 5.75 Å². The first-order chi connectivity index (χ1) is 12.6. The summed E-state index contributed by atoms with van der Waals surface area (Å²) < 4.78 is 5.08. The summed E-state index contributed by atoms with van der Waals surface area (Å²) in [5, 5.41) is 5.70. The van der Waals surface area contributed by atoms with Crippen molar-refractivity contribution in [1.29, 1.82) is 0 Å². The van der Waals surface area contributed by atoms with Crippen LogP contribution in [-0.4, -0.2) is 30.4 Å². The Kier molecular flexibility index (Phi) is 6.17. The molecule has 2 aromatic rings. The van der Waals surface area contributed by atoms with Gasteiger partial charge in [-0.15, -0.1) is 11.8 Å². The van der Waals surface area contributed by atoms with Crippen LogP contribution in [0.5, 0.6) is 5.75 Å². The van der Waals surface area contributed by atoms with Gasteiger partial charge >= 0.3 is 0 Å². The van der Waals surface area contributed by atoms with Crippen LogP contribution in [0.25, 0.3) is 0 Å². The predicted octanol–water partition coefficient (Wildman–Crippen LogP) is 3.49. The highest BCUT2D eigenvalue weighted by Gasteiger charge is 2.12. The lowest BCUT2D eigenvalue weighted by molar-refractivity contribution is -0.114. The SMILES string of the molecule is COc1ccc(NC(=O)CSCC(=O)Nc2ccc3c(c2)CCC3)cc1. The molecule has 0 atom stereocenters. The molecule has 0 saturated heterocycles. The van der Waals surface area contributed by atoms with Gasteiger partial charge in [-0.05, 0) is 66.8 Å². The van der Waals surface area contributed by atoms with Gasteiger partial charge in [-0.3, -0.25) is 9.59 Å². The zero-order valence-electron chi connectivity index (χ0n) is 14.7. The fourth-order valence-electron chi connectivity index (χ4n) is 2.95. The van der Waals surface area contributed by atoms with Crippen LogP contribution in [-0.2, 0) is 22.4 Å². The molecule has 0 bridgehead atoms. The fraction of sp³-hybridized carbons (Fsp3) is 0.300. The lowest BCUT2D eigenvalue weighted by Crippen LogP contribution is -2.18. The summed E-state index contributed by atoms with van der Waals surface area (Å²) in [6.07, 6.45) is 3.40. The van der Waals surface area contributed by atoms with Crippen LogP contribution in [0.3, 0.4) is 0 Å². The molecule has 0 aromatic heterocycles. The number of thioether (sulfide) groups is 1. The molecule has 2 N–H and O–H groups in total. The van der Waals surface area contributed by atoms with E-state index in [0.717, 1.165) is 24.3 Å². The average Bonchev–Trinajstić information content (AvgIpc) is 3.10. The fourth-order valence-corrected chi connectivity index (χ4v) is 3.57. The Bertz CT molecular complexity index is 790. The average molecular weight is 370 g/mol. The number of methoxy groups -OCH3 is 1. The molecule has 0 radical (unpaired) electrons. The minimum Gasteiger partial charge on any atom is -0.497 e. The van der Waals surface area contributed by atoms with Crippen molar-refractivity contribution in [3.05, 3.63) is 53.6 Å². The van der Waals surface area contributed by atoms with Crippen LogP contribution in [0.15, 0.2) is 42.5 Å². The smallest absolute Gasteiger partial charge is 0.234 e. The van der Waals surface area contributed by atoms with Gasteiger partial charge in [0.2, 0.25) is 11.8 Å². The molecule has 1 aliphatic carbocycles. The number of fused-ring (bicyclic) bond motifs is 1. The first-order valence-electron chi connectivity index (χ1n) is 8.57. The molecule has 136 valence electrons. The number of anilines is 2. The van der Waals surface area contributed by atoms with E-state index < -0.39 is 0 Å². The summed E-state index contributed by atoms with van der Waals surface area (Å²) in [4.78, 5) is 24.0. The molecule has 2 aromatic carbocycles. The predicted molar refractivity (Wildman–Crippen MR) is 106 cm³/mol. The Morgan fingerprint density at radius 2 is 1.54 bits per heavy atom. The molecule has 0 spiro atoms. The summed E-state index contributed by atoms with van der Waals surface area (Å²) in [6, 6.07) is 13.2. The van der Waals surface area contributed by atoms with Gasteiger partial charge < -0.3 is 15.4 Å². The molecule has 6 heteroatoms. The lowest BCUT2D eigenvalue weighted by Gasteiger charge is -2.08. The van der Waals surface area contributed by atoms with Crippen molar-refractivity contribution in [1.82, 2.24) is 0 Å². The largest absolute Gasteiger partial charge is 0.497 e. The van der Waals surface area contributed by atoms with Crippen molar-refractivity contribution in [3.8, 4) is 5.75 Å². The second-order valence-electron chi connectivity index (χ2n) is 6.15. The minimum absolute atomic E-state index is 0.0924. The lowest BCUT2D eigenvalue weighted by atomic mass is 10.1. The van der Waals surface area contributed by atoms with Gasteiger partial charge in [-0.2, -0.15) is 0 Å². The van der Waals surface area contributed by atoms with E-state index in [4.69, 9.17) is 4.74 Å². The van der Waals surface area contributed by atoms with E-state index in [1.165, 1.54) is 29.3 Å². The topological polar surface area (TPSA) is 67.4 Å². The number of carbonyl (C=O) groups excluding carboxylic acids is 2. The number of aryl methyl sites for hydroxylation is 2. The van der Waals surface area contributed by atoms with Crippen LogP contribution < -0.4 is 15.4 Å². The van der Waals surface area contributed by atoms with Crippen LogP contribution in [0.4, 0.5) is 11.4 Å². The summed E-state index contributed by atoms with van der Waals surface area (Å²) in [5.41, 5.74) is 4.25. The molecule has 0 fully saturated rings. The number of hydrogen-bond donors (Lipinski definition) is 2. The van der Waals surface area contributed by atoms with Gasteiger partial charge in [0.15, 0.2) is 0 Å². The van der Waals surface area contributed by atoms with Crippen LogP contribution in [0.2, 0.25) is 0 Å². The Hall–Kier alpha value is -2.47. The minimum atomic E-state index is -0.134. The van der Waals surface area contributed by atoms with E-state index in [2.05, 4.69) is 22.8 Å². The zero-order valence-corrected chi connectivity index (χ0v) is 15.5. The summed E-state index contributed by atoms with van der Waals surface area (Å²) in [5.74, 6) is 0.979. The van der Waals surface area contributed by atoms with Gasteiger partial charge in [0, 0.05) is 11.4 Å². The first kappa shape index (κ1) is 18.3. The number of nitrogens with one attached hydrogen (secondary N) is 2. The molecule has 0 unspecified atom stereocenters. The second kappa shape index (κ2) is 8.76. The second-order valence-corrected chi connectivity index (χ2v) is 7.14. The monoisotopic (exact) mass is 370 g/mol. The molecule has 0 saturated carbocycles. The number of benzene rings is 2. The maximum Gasteiger partial charge on any atom is 0.234 e. The normalized spacial score (nSPS) is 12.3. The van der Waals surface area contributed by atoms with Crippen molar-refractivity contribution in [3.63, 3.8) is 0 Å². The number of rotatable bonds is 7. The third kappa shape index (κ3) is 5.02. The molecule has 26 heavy (non-hydrogen) atoms. The van der Waals surface area contributed by atoms with Crippen molar-refractivity contribution >= 4 is 35.0 Å². The molecule has 5 nitrogen and oxygen atoms in total. The van der Waals surface area contributed by atoms with E-state index in [1.54, 1.807) is 31.4 Å². The van der Waals surface area contributed by atoms with Crippen LogP contribution in [0, 0.1) is 0 Å². The van der Waals surface area contributed by atoms with Crippen LogP contribution in [0.1, 0.15) is 17.5 Å². The van der Waals surface area contributed by atoms with Gasteiger partial charge in [-0.25, -0.2) is 0 Å². The van der Waals surface area contributed by atoms with E-state index >= 15 is 0 Å². The standard InChI is InChI=1S/C20H22N2O3S/c1-25-18-9-7-16(8-10-18)21-19(23)12-26-13-20(24)22-17-6-5-14-3-2-4-15(14)11-17/h5-11H,2-4,12-13H2,1H3,(H,21,23)(H,22,24). The van der Waals surface area contributed by atoms with E-state index in [0.29, 0.717) is 5.69 Å². The molecule has 0 aliphatic heterocycles. The van der Waals surface area contributed by atoms with Crippen molar-refractivity contribution in [2.24, 2.45) is 0 Å². The van der Waals surface area contributed by atoms with E-state index in [-0.39, 0.29) is 23.3 Å². The maximum atomic E-state index is 12.0.